The smallest absolute Gasteiger partial charge is 0.0589 e. The van der Waals surface area contributed by atoms with E-state index in [9.17, 15) is 10.2 Å². The van der Waals surface area contributed by atoms with Gasteiger partial charge >= 0.3 is 0 Å². The number of hydrogen-bond acceptors (Lipinski definition) is 2. The lowest BCUT2D eigenvalue weighted by molar-refractivity contribution is 0.0387. The first-order chi connectivity index (χ1) is 5.38. The summed E-state index contributed by atoms with van der Waals surface area (Å²) in [6.45, 7) is 7.98. The van der Waals surface area contributed by atoms with Gasteiger partial charge in [-0.25, -0.2) is 0 Å². The Morgan fingerprint density at radius 3 is 1.92 bits per heavy atom. The number of aliphatic hydroxyl groups excluding tert-OH is 2. The molecule has 0 aromatic heterocycles. The maximum atomic E-state index is 9.62. The minimum atomic E-state index is -0.307. The highest BCUT2D eigenvalue weighted by atomic mass is 16.3. The minimum absolute atomic E-state index is 0.0620. The van der Waals surface area contributed by atoms with Crippen molar-refractivity contribution in [2.24, 2.45) is 5.41 Å². The monoisotopic (exact) mass is 174 g/mol. The van der Waals surface area contributed by atoms with Crippen molar-refractivity contribution in [2.75, 3.05) is 0 Å². The maximum Gasteiger partial charge on any atom is 0.0589 e. The number of hydrogen-bond donors (Lipinski definition) is 2. The molecule has 0 aliphatic rings. The topological polar surface area (TPSA) is 40.5 Å². The van der Waals surface area contributed by atoms with Gasteiger partial charge in [0.15, 0.2) is 0 Å². The van der Waals surface area contributed by atoms with Crippen molar-refractivity contribution in [3.05, 3.63) is 0 Å². The zero-order valence-electron chi connectivity index (χ0n) is 8.67. The Kier molecular flexibility index (Phi) is 4.80. The zero-order chi connectivity index (χ0) is 9.78. The maximum absolute atomic E-state index is 9.62. The molecule has 0 heterocycles. The molecule has 74 valence electrons. The first-order valence-electron chi connectivity index (χ1n) is 4.74. The predicted molar refractivity (Wildman–Crippen MR) is 51.0 cm³/mol. The van der Waals surface area contributed by atoms with E-state index in [2.05, 4.69) is 0 Å². The average Bonchev–Trinajstić information content (AvgIpc) is 1.97. The van der Waals surface area contributed by atoms with Crippen molar-refractivity contribution < 1.29 is 10.2 Å². The molecular weight excluding hydrogens is 152 g/mol. The average molecular weight is 174 g/mol. The van der Waals surface area contributed by atoms with Crippen LogP contribution in [0.1, 0.15) is 47.0 Å². The van der Waals surface area contributed by atoms with Gasteiger partial charge in [-0.3, -0.25) is 0 Å². The second-order valence-electron chi connectivity index (χ2n) is 4.52. The van der Waals surface area contributed by atoms with E-state index in [4.69, 9.17) is 0 Å². The van der Waals surface area contributed by atoms with E-state index in [0.29, 0.717) is 12.8 Å². The summed E-state index contributed by atoms with van der Waals surface area (Å²) in [7, 11) is 0. The molecule has 0 saturated heterocycles. The predicted octanol–water partition coefficient (Wildman–Crippen LogP) is 1.94. The Morgan fingerprint density at radius 2 is 1.58 bits per heavy atom. The van der Waals surface area contributed by atoms with Crippen molar-refractivity contribution in [3.8, 4) is 0 Å². The van der Waals surface area contributed by atoms with Crippen LogP contribution in [0.5, 0.6) is 0 Å². The van der Waals surface area contributed by atoms with Gasteiger partial charge in [-0.15, -0.1) is 0 Å². The van der Waals surface area contributed by atoms with Crippen LogP contribution in [0, 0.1) is 5.41 Å². The Morgan fingerprint density at radius 1 is 1.08 bits per heavy atom. The summed E-state index contributed by atoms with van der Waals surface area (Å²) in [5.41, 5.74) is -0.0620. The lowest BCUT2D eigenvalue weighted by Crippen LogP contribution is -2.27. The Balaban J connectivity index is 3.64. The van der Waals surface area contributed by atoms with Crippen LogP contribution in [0.15, 0.2) is 0 Å². The fraction of sp³-hybridized carbons (Fsp3) is 1.00. The van der Waals surface area contributed by atoms with Crippen molar-refractivity contribution in [2.45, 2.75) is 59.2 Å². The van der Waals surface area contributed by atoms with Crippen molar-refractivity contribution >= 4 is 0 Å². The molecule has 0 radical (unpaired) electrons. The molecule has 12 heavy (non-hydrogen) atoms. The summed E-state index contributed by atoms with van der Waals surface area (Å²) in [5, 5.41) is 18.9. The summed E-state index contributed by atoms with van der Waals surface area (Å²) in [6, 6.07) is 0. The first-order valence-corrected chi connectivity index (χ1v) is 4.74. The van der Waals surface area contributed by atoms with E-state index < -0.39 is 0 Å². The Labute approximate surface area is 75.6 Å². The Bertz CT molecular complexity index is 115. The molecule has 0 aliphatic heterocycles. The molecule has 0 aromatic carbocycles. The number of rotatable bonds is 4. The number of aliphatic hydroxyl groups is 2. The van der Waals surface area contributed by atoms with Crippen LogP contribution >= 0.6 is 0 Å². The van der Waals surface area contributed by atoms with Crippen LogP contribution in [0.3, 0.4) is 0 Å². The van der Waals surface area contributed by atoms with Gasteiger partial charge in [0, 0.05) is 0 Å². The molecule has 0 saturated carbocycles. The summed E-state index contributed by atoms with van der Waals surface area (Å²) < 4.78 is 0. The minimum Gasteiger partial charge on any atom is -0.393 e. The van der Waals surface area contributed by atoms with Crippen LogP contribution in [0.2, 0.25) is 0 Å². The molecule has 2 N–H and O–H groups in total. The molecule has 2 atom stereocenters. The largest absolute Gasteiger partial charge is 0.393 e. The summed E-state index contributed by atoms with van der Waals surface area (Å²) >= 11 is 0. The van der Waals surface area contributed by atoms with Gasteiger partial charge < -0.3 is 10.2 Å². The fourth-order valence-electron chi connectivity index (χ4n) is 0.987. The molecule has 2 unspecified atom stereocenters. The Hall–Kier alpha value is -0.0800. The highest BCUT2D eigenvalue weighted by Crippen LogP contribution is 2.23. The molecule has 0 rings (SSSR count). The second-order valence-corrected chi connectivity index (χ2v) is 4.52. The van der Waals surface area contributed by atoms with Gasteiger partial charge in [-0.2, -0.15) is 0 Å². The van der Waals surface area contributed by atoms with Gasteiger partial charge in [-0.1, -0.05) is 27.7 Å². The lowest BCUT2D eigenvalue weighted by atomic mass is 9.86. The molecular formula is C10H22O2. The highest BCUT2D eigenvalue weighted by Gasteiger charge is 2.22. The molecule has 0 aliphatic carbocycles. The van der Waals surface area contributed by atoms with E-state index in [0.717, 1.165) is 6.42 Å². The van der Waals surface area contributed by atoms with Gasteiger partial charge in [0.05, 0.1) is 12.2 Å². The van der Waals surface area contributed by atoms with Gasteiger partial charge in [0.25, 0.3) is 0 Å². The quantitative estimate of drug-likeness (QED) is 0.684. The summed E-state index contributed by atoms with van der Waals surface area (Å²) in [5.74, 6) is 0. The van der Waals surface area contributed by atoms with E-state index in [-0.39, 0.29) is 17.6 Å². The van der Waals surface area contributed by atoms with E-state index in [1.807, 2.05) is 27.7 Å². The van der Waals surface area contributed by atoms with Gasteiger partial charge in [0.2, 0.25) is 0 Å². The fourth-order valence-corrected chi connectivity index (χ4v) is 0.987. The lowest BCUT2D eigenvalue weighted by Gasteiger charge is -2.26. The van der Waals surface area contributed by atoms with Gasteiger partial charge in [-0.05, 0) is 24.7 Å². The third-order valence-electron chi connectivity index (χ3n) is 2.24. The third kappa shape index (κ3) is 4.73. The highest BCUT2D eigenvalue weighted by molar-refractivity contribution is 4.73. The molecule has 2 nitrogen and oxygen atoms in total. The van der Waals surface area contributed by atoms with Crippen LogP contribution < -0.4 is 0 Å². The van der Waals surface area contributed by atoms with Crippen LogP contribution in [-0.4, -0.2) is 22.4 Å². The van der Waals surface area contributed by atoms with Gasteiger partial charge in [0.1, 0.15) is 0 Å². The molecule has 0 amide bonds. The van der Waals surface area contributed by atoms with Crippen LogP contribution in [0.4, 0.5) is 0 Å². The molecule has 0 spiro atoms. The SMILES string of the molecule is CCC(O)CCC(O)C(C)(C)C. The standard InChI is InChI=1S/C10H22O2/c1-5-8(11)6-7-9(12)10(2,3)4/h8-9,11-12H,5-7H2,1-4H3. The van der Waals surface area contributed by atoms with E-state index in [1.54, 1.807) is 0 Å². The van der Waals surface area contributed by atoms with Crippen LogP contribution in [0.25, 0.3) is 0 Å². The first kappa shape index (κ1) is 11.9. The molecule has 0 aromatic rings. The second kappa shape index (κ2) is 4.83. The van der Waals surface area contributed by atoms with Crippen LogP contribution in [-0.2, 0) is 0 Å². The third-order valence-corrected chi connectivity index (χ3v) is 2.24. The van der Waals surface area contributed by atoms with Crippen molar-refractivity contribution in [1.82, 2.24) is 0 Å². The normalized spacial score (nSPS) is 17.5. The van der Waals surface area contributed by atoms with Crippen molar-refractivity contribution in [3.63, 3.8) is 0 Å². The zero-order valence-corrected chi connectivity index (χ0v) is 8.67. The molecule has 0 bridgehead atoms. The van der Waals surface area contributed by atoms with Crippen molar-refractivity contribution in [1.29, 1.82) is 0 Å². The summed E-state index contributed by atoms with van der Waals surface area (Å²) in [4.78, 5) is 0. The summed E-state index contributed by atoms with van der Waals surface area (Å²) in [6.07, 6.45) is 1.62. The van der Waals surface area contributed by atoms with E-state index >= 15 is 0 Å². The van der Waals surface area contributed by atoms with E-state index in [1.165, 1.54) is 0 Å². The molecule has 2 heteroatoms. The molecule has 0 fully saturated rings.